The van der Waals surface area contributed by atoms with Crippen molar-refractivity contribution in [3.05, 3.63) is 17.3 Å². The van der Waals surface area contributed by atoms with Gasteiger partial charge >= 0.3 is 0 Å². The normalized spacial score (nSPS) is 19.9. The zero-order valence-corrected chi connectivity index (χ0v) is 9.96. The fraction of sp³-hybridized carbons (Fsp3) is 0.600. The summed E-state index contributed by atoms with van der Waals surface area (Å²) in [6, 6.07) is 0. The van der Waals surface area contributed by atoms with E-state index in [1.165, 1.54) is 0 Å². The lowest BCUT2D eigenvalue weighted by molar-refractivity contribution is -0.0280. The van der Waals surface area contributed by atoms with Crippen molar-refractivity contribution in [1.82, 2.24) is 9.97 Å². The van der Waals surface area contributed by atoms with Crippen molar-refractivity contribution >= 4 is 17.4 Å². The van der Waals surface area contributed by atoms with Crippen LogP contribution < -0.4 is 4.90 Å². The first kappa shape index (κ1) is 11.5. The van der Waals surface area contributed by atoms with Crippen LogP contribution in [-0.4, -0.2) is 35.3 Å². The molecule has 16 heavy (non-hydrogen) atoms. The molecule has 4 nitrogen and oxygen atoms in total. The Morgan fingerprint density at radius 2 is 2.31 bits per heavy atom. The lowest BCUT2D eigenvalue weighted by atomic mass is 10.1. The highest BCUT2D eigenvalue weighted by atomic mass is 35.5. The molecule has 0 bridgehead atoms. The van der Waals surface area contributed by atoms with E-state index in [-0.39, 0.29) is 16.7 Å². The maximum absolute atomic E-state index is 13.5. The molecule has 1 fully saturated rings. The van der Waals surface area contributed by atoms with Crippen LogP contribution in [0.5, 0.6) is 0 Å². The van der Waals surface area contributed by atoms with E-state index in [9.17, 15) is 4.39 Å². The average Bonchev–Trinajstić information content (AvgIpc) is 2.20. The predicted molar refractivity (Wildman–Crippen MR) is 59.2 cm³/mol. The largest absolute Gasteiger partial charge is 0.372 e. The zero-order chi connectivity index (χ0) is 11.8. The number of nitrogens with zero attached hydrogens (tertiary/aromatic N) is 3. The fourth-order valence-corrected chi connectivity index (χ4v) is 1.89. The van der Waals surface area contributed by atoms with Gasteiger partial charge in [-0.1, -0.05) is 0 Å². The van der Waals surface area contributed by atoms with E-state index >= 15 is 0 Å². The summed E-state index contributed by atoms with van der Waals surface area (Å²) in [5.74, 6) is -0.210. The van der Waals surface area contributed by atoms with Gasteiger partial charge in [0.15, 0.2) is 11.6 Å². The molecule has 88 valence electrons. The first-order valence-corrected chi connectivity index (χ1v) is 5.43. The van der Waals surface area contributed by atoms with Gasteiger partial charge in [0, 0.05) is 13.1 Å². The quantitative estimate of drug-likeness (QED) is 0.709. The molecule has 6 heteroatoms. The fourth-order valence-electron chi connectivity index (χ4n) is 1.76. The lowest BCUT2D eigenvalue weighted by Crippen LogP contribution is -2.49. The van der Waals surface area contributed by atoms with Crippen molar-refractivity contribution in [2.45, 2.75) is 19.4 Å². The van der Waals surface area contributed by atoms with E-state index < -0.39 is 5.82 Å². The first-order valence-electron chi connectivity index (χ1n) is 5.05. The third-order valence-corrected chi connectivity index (χ3v) is 2.60. The highest BCUT2D eigenvalue weighted by molar-refractivity contribution is 6.28. The van der Waals surface area contributed by atoms with Gasteiger partial charge < -0.3 is 9.64 Å². The molecule has 1 saturated heterocycles. The van der Waals surface area contributed by atoms with Gasteiger partial charge in [-0.3, -0.25) is 0 Å². The number of morpholine rings is 1. The van der Waals surface area contributed by atoms with E-state index in [1.54, 1.807) is 0 Å². The van der Waals surface area contributed by atoms with E-state index in [1.807, 2.05) is 18.7 Å². The van der Waals surface area contributed by atoms with Crippen LogP contribution in [-0.2, 0) is 4.74 Å². The summed E-state index contributed by atoms with van der Waals surface area (Å²) in [5, 5.41) is 0.0562. The summed E-state index contributed by atoms with van der Waals surface area (Å²) in [7, 11) is 0. The van der Waals surface area contributed by atoms with Crippen LogP contribution in [0.4, 0.5) is 10.2 Å². The van der Waals surface area contributed by atoms with Gasteiger partial charge in [0.2, 0.25) is 5.28 Å². The molecule has 1 aromatic heterocycles. The molecule has 0 aromatic carbocycles. The van der Waals surface area contributed by atoms with E-state index in [0.29, 0.717) is 19.7 Å². The molecule has 0 aliphatic carbocycles. The second-order valence-corrected chi connectivity index (χ2v) is 4.68. The Balaban J connectivity index is 2.26. The van der Waals surface area contributed by atoms with Gasteiger partial charge in [-0.05, 0) is 25.4 Å². The van der Waals surface area contributed by atoms with Crippen molar-refractivity contribution in [2.75, 3.05) is 24.6 Å². The van der Waals surface area contributed by atoms with Gasteiger partial charge in [0.05, 0.1) is 18.4 Å². The third-order valence-electron chi connectivity index (χ3n) is 2.42. The van der Waals surface area contributed by atoms with Crippen LogP contribution >= 0.6 is 11.6 Å². The van der Waals surface area contributed by atoms with Crippen molar-refractivity contribution in [2.24, 2.45) is 0 Å². The van der Waals surface area contributed by atoms with Crippen LogP contribution in [0.1, 0.15) is 13.8 Å². The van der Waals surface area contributed by atoms with Crippen LogP contribution in [0.2, 0.25) is 5.28 Å². The summed E-state index contributed by atoms with van der Waals surface area (Å²) in [4.78, 5) is 9.33. The smallest absolute Gasteiger partial charge is 0.224 e. The molecule has 2 rings (SSSR count). The molecule has 1 aliphatic heterocycles. The number of hydrogen-bond donors (Lipinski definition) is 0. The molecular formula is C10H13ClFN3O. The molecule has 2 heterocycles. The Morgan fingerprint density at radius 3 is 3.00 bits per heavy atom. The predicted octanol–water partition coefficient (Wildman–Crippen LogP) is 1.88. The van der Waals surface area contributed by atoms with Crippen LogP contribution in [0.25, 0.3) is 0 Å². The van der Waals surface area contributed by atoms with Crippen LogP contribution in [0, 0.1) is 5.82 Å². The van der Waals surface area contributed by atoms with Crippen molar-refractivity contribution in [3.8, 4) is 0 Å². The lowest BCUT2D eigenvalue weighted by Gasteiger charge is -2.38. The molecule has 0 spiro atoms. The van der Waals surface area contributed by atoms with Crippen LogP contribution in [0.3, 0.4) is 0 Å². The van der Waals surface area contributed by atoms with Gasteiger partial charge in [0.25, 0.3) is 0 Å². The molecule has 1 aromatic rings. The van der Waals surface area contributed by atoms with Crippen molar-refractivity contribution < 1.29 is 9.13 Å². The second-order valence-electron chi connectivity index (χ2n) is 4.34. The summed E-state index contributed by atoms with van der Waals surface area (Å²) in [6.45, 7) is 5.65. The molecule has 0 radical (unpaired) electrons. The molecule has 0 atom stereocenters. The molecular weight excluding hydrogens is 233 g/mol. The maximum atomic E-state index is 13.5. The van der Waals surface area contributed by atoms with Gasteiger partial charge in [0.1, 0.15) is 0 Å². The Morgan fingerprint density at radius 1 is 1.56 bits per heavy atom. The Hall–Kier alpha value is -0.940. The number of ether oxygens (including phenoxy) is 1. The molecule has 0 N–H and O–H groups in total. The standard InChI is InChI=1S/C10H13ClFN3O/c1-10(2)6-15(3-4-16-10)8-7(12)5-13-9(11)14-8/h5H,3-4,6H2,1-2H3. The summed E-state index contributed by atoms with van der Waals surface area (Å²) in [5.41, 5.74) is -0.303. The topological polar surface area (TPSA) is 38.2 Å². The monoisotopic (exact) mass is 245 g/mol. The van der Waals surface area contributed by atoms with E-state index in [0.717, 1.165) is 6.20 Å². The number of hydrogen-bond acceptors (Lipinski definition) is 4. The minimum Gasteiger partial charge on any atom is -0.372 e. The van der Waals surface area contributed by atoms with Gasteiger partial charge in [-0.25, -0.2) is 9.37 Å². The Kier molecular flexibility index (Phi) is 2.99. The second kappa shape index (κ2) is 4.14. The summed E-state index contributed by atoms with van der Waals surface area (Å²) >= 11 is 5.66. The van der Waals surface area contributed by atoms with Crippen molar-refractivity contribution in [1.29, 1.82) is 0 Å². The molecule has 0 amide bonds. The summed E-state index contributed by atoms with van der Waals surface area (Å²) in [6.07, 6.45) is 1.09. The number of aromatic nitrogens is 2. The SMILES string of the molecule is CC1(C)CN(c2nc(Cl)ncc2F)CCO1. The number of halogens is 2. The maximum Gasteiger partial charge on any atom is 0.224 e. The average molecular weight is 246 g/mol. The number of anilines is 1. The van der Waals surface area contributed by atoms with Gasteiger partial charge in [-0.2, -0.15) is 4.98 Å². The summed E-state index contributed by atoms with van der Waals surface area (Å²) < 4.78 is 19.1. The Labute approximate surface area is 98.4 Å². The number of rotatable bonds is 1. The van der Waals surface area contributed by atoms with Crippen molar-refractivity contribution in [3.63, 3.8) is 0 Å². The first-order chi connectivity index (χ1) is 7.48. The minimum atomic E-state index is -0.456. The van der Waals surface area contributed by atoms with Gasteiger partial charge in [-0.15, -0.1) is 0 Å². The highest BCUT2D eigenvalue weighted by Crippen LogP contribution is 2.24. The molecule has 0 unspecified atom stereocenters. The zero-order valence-electron chi connectivity index (χ0n) is 9.20. The minimum absolute atomic E-state index is 0.0562. The molecule has 0 saturated carbocycles. The van der Waals surface area contributed by atoms with E-state index in [2.05, 4.69) is 9.97 Å². The van der Waals surface area contributed by atoms with E-state index in [4.69, 9.17) is 16.3 Å². The molecule has 1 aliphatic rings. The third kappa shape index (κ3) is 2.41. The van der Waals surface area contributed by atoms with Crippen LogP contribution in [0.15, 0.2) is 6.20 Å². The Bertz CT molecular complexity index is 400. The highest BCUT2D eigenvalue weighted by Gasteiger charge is 2.29.